The van der Waals surface area contributed by atoms with Crippen LogP contribution in [0.1, 0.15) is 24.8 Å². The quantitative estimate of drug-likeness (QED) is 0.612. The maximum atomic E-state index is 12.6. The maximum absolute atomic E-state index is 12.6. The molecule has 1 atom stereocenters. The summed E-state index contributed by atoms with van der Waals surface area (Å²) >= 11 is 0. The fourth-order valence-electron chi connectivity index (χ4n) is 2.49. The van der Waals surface area contributed by atoms with Crippen molar-refractivity contribution in [2.24, 2.45) is 0 Å². The molecule has 0 radical (unpaired) electrons. The largest absolute Gasteiger partial charge is 0.439 e. The van der Waals surface area contributed by atoms with Gasteiger partial charge in [-0.15, -0.1) is 0 Å². The van der Waals surface area contributed by atoms with Crippen molar-refractivity contribution in [1.29, 1.82) is 0 Å². The zero-order valence-electron chi connectivity index (χ0n) is 13.9. The average molecular weight is 390 g/mol. The molecular weight excluding hydrogens is 374 g/mol. The van der Waals surface area contributed by atoms with Crippen LogP contribution in [0, 0.1) is 0 Å². The lowest BCUT2D eigenvalue weighted by atomic mass is 9.98. The Morgan fingerprint density at radius 2 is 2.04 bits per heavy atom. The predicted molar refractivity (Wildman–Crippen MR) is 101 cm³/mol. The Kier molecular flexibility index (Phi) is 5.80. The number of nitrogens with two attached hydrogens (primary N) is 1. The highest BCUT2D eigenvalue weighted by Crippen LogP contribution is 2.32. The van der Waals surface area contributed by atoms with E-state index >= 15 is 0 Å². The molecule has 0 saturated heterocycles. The second-order valence-corrected chi connectivity index (χ2v) is 6.58. The first kappa shape index (κ1) is 18.3. The monoisotopic (exact) mass is 389 g/mol. The first-order valence-corrected chi connectivity index (χ1v) is 9.52. The highest BCUT2D eigenvalue weighted by molar-refractivity contribution is 8.21. The fraction of sp³-hybridized carbons (Fsp3) is 0.167. The molecule has 0 saturated carbocycles. The number of benzene rings is 1. The normalized spacial score (nSPS) is 11.9. The summed E-state index contributed by atoms with van der Waals surface area (Å²) in [7, 11) is 6.84. The van der Waals surface area contributed by atoms with E-state index in [0.717, 1.165) is 27.0 Å². The van der Waals surface area contributed by atoms with Gasteiger partial charge in [-0.3, -0.25) is 4.79 Å². The topological polar surface area (TPSA) is 91.2 Å². The third kappa shape index (κ3) is 4.00. The fourth-order valence-corrected chi connectivity index (χ4v) is 3.03. The Bertz CT molecular complexity index is 881. The Labute approximate surface area is 159 Å². The van der Waals surface area contributed by atoms with E-state index in [1.807, 2.05) is 31.2 Å². The van der Waals surface area contributed by atoms with Crippen LogP contribution in [0.15, 0.2) is 58.3 Å². The lowest BCUT2D eigenvalue weighted by molar-refractivity contribution is -0.136. The predicted octanol–water partition coefficient (Wildman–Crippen LogP) is 4.66. The number of pyridine rings is 1. The number of nitrogen functional groups attached to an aromatic ring is 1. The number of nitrogens with zero attached hydrogens (tertiary/aromatic N) is 2. The van der Waals surface area contributed by atoms with E-state index in [4.69, 9.17) is 25.6 Å². The molecule has 26 heavy (non-hydrogen) atoms. The Balaban J connectivity index is 1.81. The minimum atomic E-state index is -0.470. The van der Waals surface area contributed by atoms with Crippen LogP contribution >= 0.6 is 21.7 Å². The summed E-state index contributed by atoms with van der Waals surface area (Å²) in [6, 6.07) is 10.8. The van der Waals surface area contributed by atoms with Gasteiger partial charge in [-0.25, -0.2) is 4.98 Å². The highest BCUT2D eigenvalue weighted by atomic mass is 35.7. The number of carbonyl (C=O) groups is 1. The third-order valence-electron chi connectivity index (χ3n) is 3.84. The lowest BCUT2D eigenvalue weighted by Gasteiger charge is -2.13. The number of aromatic nitrogens is 2. The van der Waals surface area contributed by atoms with Crippen LogP contribution in [0.2, 0.25) is 0 Å². The molecular formula is C18H16ClN3O3S. The van der Waals surface area contributed by atoms with Crippen LogP contribution in [0.3, 0.4) is 0 Å². The number of halogens is 1. The van der Waals surface area contributed by atoms with Gasteiger partial charge in [0.25, 0.3) is 5.88 Å². The molecule has 0 bridgehead atoms. The molecule has 2 N–H and O–H groups in total. The molecule has 1 aromatic carbocycles. The molecule has 8 heteroatoms. The van der Waals surface area contributed by atoms with E-state index in [9.17, 15) is 4.79 Å². The number of ether oxygens (including phenoxy) is 1. The standard InChI is InChI=1S/C18H16ClN3O3S/c1-2-14(12-5-8-15(20)21-9-12)18(23)25-17-16(24-10-22-17)11-3-6-13(26-19)7-4-11/h3-10,14H,2H2,1H3,(H2,20,21). The van der Waals surface area contributed by atoms with Crippen LogP contribution in [0.5, 0.6) is 5.88 Å². The highest BCUT2D eigenvalue weighted by Gasteiger charge is 2.24. The minimum Gasteiger partial charge on any atom is -0.439 e. The summed E-state index contributed by atoms with van der Waals surface area (Å²) in [6.07, 6.45) is 3.38. The van der Waals surface area contributed by atoms with Crippen LogP contribution in [0.25, 0.3) is 11.3 Å². The van der Waals surface area contributed by atoms with Crippen LogP contribution < -0.4 is 10.5 Å². The lowest BCUT2D eigenvalue weighted by Crippen LogP contribution is -2.19. The molecule has 0 aliphatic carbocycles. The van der Waals surface area contributed by atoms with E-state index in [2.05, 4.69) is 9.97 Å². The molecule has 134 valence electrons. The van der Waals surface area contributed by atoms with Crippen LogP contribution in [-0.2, 0) is 4.79 Å². The number of hydrogen-bond donors (Lipinski definition) is 1. The molecule has 0 aliphatic rings. The van der Waals surface area contributed by atoms with Crippen LogP contribution in [0.4, 0.5) is 5.82 Å². The number of carbonyl (C=O) groups excluding carboxylic acids is 1. The van der Waals surface area contributed by atoms with Crippen LogP contribution in [-0.4, -0.2) is 15.9 Å². The molecule has 3 rings (SSSR count). The minimum absolute atomic E-state index is 0.128. The van der Waals surface area contributed by atoms with Crippen molar-refractivity contribution in [3.05, 3.63) is 54.6 Å². The Hall–Kier alpha value is -2.51. The van der Waals surface area contributed by atoms with Gasteiger partial charge < -0.3 is 14.9 Å². The van der Waals surface area contributed by atoms with Gasteiger partial charge in [0, 0.05) is 16.7 Å². The molecule has 2 heterocycles. The van der Waals surface area contributed by atoms with Gasteiger partial charge in [0.1, 0.15) is 5.82 Å². The van der Waals surface area contributed by atoms with Crippen molar-refractivity contribution < 1.29 is 13.9 Å². The molecule has 0 aliphatic heterocycles. The van der Waals surface area contributed by atoms with Gasteiger partial charge in [-0.2, -0.15) is 4.98 Å². The number of esters is 1. The number of rotatable bonds is 6. The number of oxazole rings is 1. The maximum Gasteiger partial charge on any atom is 0.320 e. The van der Waals surface area contributed by atoms with Crippen molar-refractivity contribution in [1.82, 2.24) is 9.97 Å². The zero-order chi connectivity index (χ0) is 18.5. The van der Waals surface area contributed by atoms with E-state index in [0.29, 0.717) is 18.0 Å². The molecule has 2 aromatic heterocycles. The second-order valence-electron chi connectivity index (χ2n) is 5.49. The van der Waals surface area contributed by atoms with Crippen molar-refractivity contribution in [3.8, 4) is 17.2 Å². The summed E-state index contributed by atoms with van der Waals surface area (Å²) in [4.78, 5) is 21.6. The summed E-state index contributed by atoms with van der Waals surface area (Å²) in [5.41, 5.74) is 7.07. The molecule has 3 aromatic rings. The Morgan fingerprint density at radius 3 is 2.65 bits per heavy atom. The summed E-state index contributed by atoms with van der Waals surface area (Å²) in [6.45, 7) is 1.90. The molecule has 1 unspecified atom stereocenters. The summed E-state index contributed by atoms with van der Waals surface area (Å²) in [5, 5.41) is 0. The van der Waals surface area contributed by atoms with Gasteiger partial charge >= 0.3 is 5.97 Å². The van der Waals surface area contributed by atoms with E-state index in [-0.39, 0.29) is 5.88 Å². The Morgan fingerprint density at radius 1 is 1.27 bits per heavy atom. The first-order valence-electron chi connectivity index (χ1n) is 7.88. The van der Waals surface area contributed by atoms with Crippen molar-refractivity contribution in [3.63, 3.8) is 0 Å². The van der Waals surface area contributed by atoms with Crippen molar-refractivity contribution in [2.45, 2.75) is 24.2 Å². The second kappa shape index (κ2) is 8.25. The van der Waals surface area contributed by atoms with Gasteiger partial charge in [-0.1, -0.05) is 13.0 Å². The number of hydrogen-bond acceptors (Lipinski definition) is 7. The summed E-state index contributed by atoms with van der Waals surface area (Å²) < 4.78 is 10.9. The molecule has 0 amide bonds. The van der Waals surface area contributed by atoms with Crippen molar-refractivity contribution >= 4 is 33.4 Å². The molecule has 0 spiro atoms. The van der Waals surface area contributed by atoms with Gasteiger partial charge in [0.05, 0.1) is 5.92 Å². The van der Waals surface area contributed by atoms with Gasteiger partial charge in [0.2, 0.25) is 0 Å². The smallest absolute Gasteiger partial charge is 0.320 e. The van der Waals surface area contributed by atoms with E-state index in [1.54, 1.807) is 18.3 Å². The van der Waals surface area contributed by atoms with E-state index < -0.39 is 11.9 Å². The SMILES string of the molecule is CCC(C(=O)Oc1ncoc1-c1ccc(SCl)cc1)c1ccc(N)nc1. The van der Waals surface area contributed by atoms with Crippen molar-refractivity contribution in [2.75, 3.05) is 5.73 Å². The first-order chi connectivity index (χ1) is 12.6. The number of anilines is 1. The summed E-state index contributed by atoms with van der Waals surface area (Å²) in [5.74, 6) is 0.0111. The van der Waals surface area contributed by atoms with Gasteiger partial charge in [-0.05, 0) is 64.0 Å². The zero-order valence-corrected chi connectivity index (χ0v) is 15.5. The molecule has 0 fully saturated rings. The molecule has 6 nitrogen and oxygen atoms in total. The van der Waals surface area contributed by atoms with Gasteiger partial charge in [0.15, 0.2) is 12.2 Å². The van der Waals surface area contributed by atoms with E-state index in [1.165, 1.54) is 6.39 Å². The average Bonchev–Trinajstić information content (AvgIpc) is 3.12. The third-order valence-corrected chi connectivity index (χ3v) is 4.83.